The first-order chi connectivity index (χ1) is 13.2. The average Bonchev–Trinajstić information content (AvgIpc) is 2.73. The van der Waals surface area contributed by atoms with Crippen molar-refractivity contribution >= 4 is 5.91 Å². The van der Waals surface area contributed by atoms with Crippen LogP contribution < -0.4 is 15.4 Å². The Morgan fingerprint density at radius 3 is 2.37 bits per heavy atom. The summed E-state index contributed by atoms with van der Waals surface area (Å²) in [4.78, 5) is 12.8. The van der Waals surface area contributed by atoms with Crippen molar-refractivity contribution in [2.75, 3.05) is 26.8 Å². The Labute approximate surface area is 161 Å². The van der Waals surface area contributed by atoms with Gasteiger partial charge in [0.05, 0.1) is 12.0 Å². The van der Waals surface area contributed by atoms with Crippen LogP contribution in [0.2, 0.25) is 0 Å². The van der Waals surface area contributed by atoms with E-state index in [0.717, 1.165) is 42.8 Å². The first-order valence-corrected chi connectivity index (χ1v) is 9.45. The third kappa shape index (κ3) is 5.31. The molecule has 0 aliphatic carbocycles. The molecule has 1 heterocycles. The number of hydrogen-bond acceptors (Lipinski definition) is 4. The predicted molar refractivity (Wildman–Crippen MR) is 105 cm³/mol. The largest absolute Gasteiger partial charge is 0.489 e. The van der Waals surface area contributed by atoms with Crippen LogP contribution in [-0.2, 0) is 22.7 Å². The van der Waals surface area contributed by atoms with Crippen LogP contribution in [0.3, 0.4) is 0 Å². The van der Waals surface area contributed by atoms with Crippen LogP contribution in [0, 0.1) is 5.41 Å². The molecule has 2 aromatic carbocycles. The topological polar surface area (TPSA) is 59.6 Å². The molecule has 0 aromatic heterocycles. The summed E-state index contributed by atoms with van der Waals surface area (Å²) in [5.74, 6) is 0.946. The minimum absolute atomic E-state index is 0.0855. The maximum absolute atomic E-state index is 12.8. The Morgan fingerprint density at radius 1 is 1.04 bits per heavy atom. The van der Waals surface area contributed by atoms with Crippen LogP contribution in [0.5, 0.6) is 5.75 Å². The third-order valence-corrected chi connectivity index (χ3v) is 5.09. The summed E-state index contributed by atoms with van der Waals surface area (Å²) in [5, 5.41) is 6.40. The number of piperidine rings is 1. The molecule has 1 fully saturated rings. The van der Waals surface area contributed by atoms with Crippen LogP contribution in [0.4, 0.5) is 0 Å². The first kappa shape index (κ1) is 19.4. The van der Waals surface area contributed by atoms with Gasteiger partial charge in [-0.25, -0.2) is 0 Å². The molecule has 2 N–H and O–H groups in total. The molecule has 5 nitrogen and oxygen atoms in total. The highest BCUT2D eigenvalue weighted by molar-refractivity contribution is 5.83. The fraction of sp³-hybridized carbons (Fsp3) is 0.409. The van der Waals surface area contributed by atoms with E-state index in [0.29, 0.717) is 19.8 Å². The van der Waals surface area contributed by atoms with Crippen molar-refractivity contribution in [3.8, 4) is 5.75 Å². The van der Waals surface area contributed by atoms with Gasteiger partial charge in [0.2, 0.25) is 5.91 Å². The standard InChI is InChI=1S/C22H28N2O3/c1-26-17-22(11-13-23-14-12-22)21(25)24-15-18-7-9-19(10-8-18)16-27-20-5-3-2-4-6-20/h2-10,23H,11-17H2,1H3,(H,24,25). The molecule has 1 aliphatic heterocycles. The van der Waals surface area contributed by atoms with Gasteiger partial charge in [-0.05, 0) is 49.2 Å². The third-order valence-electron chi connectivity index (χ3n) is 5.09. The molecular formula is C22H28N2O3. The van der Waals surface area contributed by atoms with E-state index in [9.17, 15) is 4.79 Å². The van der Waals surface area contributed by atoms with E-state index >= 15 is 0 Å². The van der Waals surface area contributed by atoms with E-state index in [1.807, 2.05) is 54.6 Å². The number of ether oxygens (including phenoxy) is 2. The van der Waals surface area contributed by atoms with Gasteiger partial charge < -0.3 is 20.1 Å². The Bertz CT molecular complexity index is 705. The lowest BCUT2D eigenvalue weighted by atomic mass is 9.78. The van der Waals surface area contributed by atoms with Gasteiger partial charge in [0.1, 0.15) is 12.4 Å². The summed E-state index contributed by atoms with van der Waals surface area (Å²) in [7, 11) is 1.66. The fourth-order valence-electron chi connectivity index (χ4n) is 3.43. The van der Waals surface area contributed by atoms with Crippen molar-refractivity contribution in [1.29, 1.82) is 0 Å². The number of rotatable bonds is 8. The maximum atomic E-state index is 12.8. The molecule has 0 atom stereocenters. The van der Waals surface area contributed by atoms with Crippen molar-refractivity contribution in [3.63, 3.8) is 0 Å². The highest BCUT2D eigenvalue weighted by Crippen LogP contribution is 2.29. The Morgan fingerprint density at radius 2 is 1.70 bits per heavy atom. The second kappa shape index (κ2) is 9.53. The van der Waals surface area contributed by atoms with Gasteiger partial charge >= 0.3 is 0 Å². The fourth-order valence-corrected chi connectivity index (χ4v) is 3.43. The minimum atomic E-state index is -0.413. The Balaban J connectivity index is 1.51. The molecule has 0 radical (unpaired) electrons. The summed E-state index contributed by atoms with van der Waals surface area (Å²) in [6, 6.07) is 17.9. The number of benzene rings is 2. The first-order valence-electron chi connectivity index (χ1n) is 9.45. The van der Waals surface area contributed by atoms with Crippen LogP contribution >= 0.6 is 0 Å². The molecule has 144 valence electrons. The van der Waals surface area contributed by atoms with Gasteiger partial charge in [0.25, 0.3) is 0 Å². The number of hydrogen-bond donors (Lipinski definition) is 2. The summed E-state index contributed by atoms with van der Waals surface area (Å²) in [5.41, 5.74) is 1.76. The molecule has 1 saturated heterocycles. The molecule has 27 heavy (non-hydrogen) atoms. The minimum Gasteiger partial charge on any atom is -0.489 e. The number of carbonyl (C=O) groups excluding carboxylic acids is 1. The number of para-hydroxylation sites is 1. The van der Waals surface area contributed by atoms with E-state index in [1.165, 1.54) is 0 Å². The molecular weight excluding hydrogens is 340 g/mol. The Kier molecular flexibility index (Phi) is 6.85. The van der Waals surface area contributed by atoms with Gasteiger partial charge in [-0.3, -0.25) is 4.79 Å². The zero-order chi connectivity index (χ0) is 19.0. The summed E-state index contributed by atoms with van der Waals surface area (Å²) in [6.07, 6.45) is 1.62. The second-order valence-corrected chi connectivity index (χ2v) is 7.06. The SMILES string of the molecule is COCC1(C(=O)NCc2ccc(COc3ccccc3)cc2)CCNCC1. The van der Waals surface area contributed by atoms with Crippen molar-refractivity contribution < 1.29 is 14.3 Å². The molecule has 1 amide bonds. The Hall–Kier alpha value is -2.37. The number of carbonyl (C=O) groups is 1. The average molecular weight is 368 g/mol. The van der Waals surface area contributed by atoms with Crippen LogP contribution in [-0.4, -0.2) is 32.7 Å². The van der Waals surface area contributed by atoms with Crippen molar-refractivity contribution in [1.82, 2.24) is 10.6 Å². The van der Waals surface area contributed by atoms with E-state index in [1.54, 1.807) is 7.11 Å². The van der Waals surface area contributed by atoms with Crippen molar-refractivity contribution in [3.05, 3.63) is 65.7 Å². The zero-order valence-electron chi connectivity index (χ0n) is 15.9. The molecule has 0 bridgehead atoms. The zero-order valence-corrected chi connectivity index (χ0v) is 15.9. The molecule has 3 rings (SSSR count). The van der Waals surface area contributed by atoms with Crippen molar-refractivity contribution in [2.24, 2.45) is 5.41 Å². The quantitative estimate of drug-likeness (QED) is 0.752. The van der Waals surface area contributed by atoms with Crippen LogP contribution in [0.1, 0.15) is 24.0 Å². The predicted octanol–water partition coefficient (Wildman–Crippen LogP) is 2.90. The highest BCUT2D eigenvalue weighted by atomic mass is 16.5. The molecule has 2 aromatic rings. The molecule has 0 unspecified atom stereocenters. The number of amides is 1. The summed E-state index contributed by atoms with van der Waals surface area (Å²) < 4.78 is 11.1. The second-order valence-electron chi connectivity index (χ2n) is 7.06. The lowest BCUT2D eigenvalue weighted by molar-refractivity contribution is -0.136. The van der Waals surface area contributed by atoms with Gasteiger partial charge in [-0.2, -0.15) is 0 Å². The van der Waals surface area contributed by atoms with Gasteiger partial charge in [0.15, 0.2) is 0 Å². The van der Waals surface area contributed by atoms with Gasteiger partial charge in [-0.15, -0.1) is 0 Å². The summed E-state index contributed by atoms with van der Waals surface area (Å²) in [6.45, 7) is 3.23. The van der Waals surface area contributed by atoms with Crippen LogP contribution in [0.15, 0.2) is 54.6 Å². The summed E-state index contributed by atoms with van der Waals surface area (Å²) >= 11 is 0. The van der Waals surface area contributed by atoms with Gasteiger partial charge in [-0.1, -0.05) is 42.5 Å². The van der Waals surface area contributed by atoms with E-state index in [2.05, 4.69) is 10.6 Å². The number of methoxy groups -OCH3 is 1. The molecule has 1 aliphatic rings. The van der Waals surface area contributed by atoms with E-state index < -0.39 is 5.41 Å². The number of nitrogens with one attached hydrogen (secondary N) is 2. The lowest BCUT2D eigenvalue weighted by Gasteiger charge is -2.35. The van der Waals surface area contributed by atoms with Crippen LogP contribution in [0.25, 0.3) is 0 Å². The van der Waals surface area contributed by atoms with Crippen molar-refractivity contribution in [2.45, 2.75) is 26.0 Å². The van der Waals surface area contributed by atoms with E-state index in [-0.39, 0.29) is 5.91 Å². The monoisotopic (exact) mass is 368 g/mol. The maximum Gasteiger partial charge on any atom is 0.228 e. The van der Waals surface area contributed by atoms with Gasteiger partial charge in [0, 0.05) is 13.7 Å². The molecule has 0 spiro atoms. The normalized spacial score (nSPS) is 15.9. The molecule has 0 saturated carbocycles. The molecule has 5 heteroatoms. The lowest BCUT2D eigenvalue weighted by Crippen LogP contribution is -2.49. The smallest absolute Gasteiger partial charge is 0.228 e. The van der Waals surface area contributed by atoms with E-state index in [4.69, 9.17) is 9.47 Å². The highest BCUT2D eigenvalue weighted by Gasteiger charge is 2.39.